The van der Waals surface area contributed by atoms with Crippen molar-refractivity contribution in [2.75, 3.05) is 6.54 Å². The van der Waals surface area contributed by atoms with Crippen LogP contribution in [0, 0.1) is 5.82 Å². The smallest absolute Gasteiger partial charge is 0.123 e. The molecule has 0 aliphatic carbocycles. The minimum absolute atomic E-state index is 0.176. The minimum Gasteiger partial charge on any atom is -0.312 e. The lowest BCUT2D eigenvalue weighted by molar-refractivity contribution is 0.626. The fourth-order valence-electron chi connectivity index (χ4n) is 1.56. The van der Waals surface area contributed by atoms with E-state index in [2.05, 4.69) is 32.7 Å². The summed E-state index contributed by atoms with van der Waals surface area (Å²) in [7, 11) is 0. The van der Waals surface area contributed by atoms with E-state index in [0.717, 1.165) is 28.9 Å². The molecule has 0 fully saturated rings. The number of thiophene rings is 1. The summed E-state index contributed by atoms with van der Waals surface area (Å²) >= 11 is 5.14. The van der Waals surface area contributed by atoms with Gasteiger partial charge < -0.3 is 5.32 Å². The van der Waals surface area contributed by atoms with E-state index < -0.39 is 0 Å². The van der Waals surface area contributed by atoms with E-state index in [1.807, 2.05) is 12.1 Å². The highest BCUT2D eigenvalue weighted by Crippen LogP contribution is 2.20. The Kier molecular flexibility index (Phi) is 4.71. The first kappa shape index (κ1) is 12.7. The van der Waals surface area contributed by atoms with Gasteiger partial charge in [-0.15, -0.1) is 11.3 Å². The largest absolute Gasteiger partial charge is 0.312 e. The van der Waals surface area contributed by atoms with Crippen molar-refractivity contribution < 1.29 is 4.39 Å². The van der Waals surface area contributed by atoms with E-state index in [-0.39, 0.29) is 5.82 Å². The van der Waals surface area contributed by atoms with Crippen molar-refractivity contribution in [3.8, 4) is 0 Å². The molecule has 0 radical (unpaired) electrons. The SMILES string of the molecule is Fc1ccc(CCNCc2csc(Br)c2)cc1. The predicted octanol–water partition coefficient (Wildman–Crippen LogP) is 3.98. The van der Waals surface area contributed by atoms with Gasteiger partial charge >= 0.3 is 0 Å². The van der Waals surface area contributed by atoms with Gasteiger partial charge in [-0.1, -0.05) is 12.1 Å². The molecule has 1 N–H and O–H groups in total. The monoisotopic (exact) mass is 313 g/mol. The molecule has 0 unspecified atom stereocenters. The summed E-state index contributed by atoms with van der Waals surface area (Å²) in [6.45, 7) is 1.78. The number of benzene rings is 1. The molecule has 2 aromatic rings. The third kappa shape index (κ3) is 4.22. The molecule has 4 heteroatoms. The summed E-state index contributed by atoms with van der Waals surface area (Å²) in [5.74, 6) is -0.176. The van der Waals surface area contributed by atoms with E-state index in [1.54, 1.807) is 11.3 Å². The van der Waals surface area contributed by atoms with Gasteiger partial charge in [0.1, 0.15) is 5.82 Å². The third-order valence-corrected chi connectivity index (χ3v) is 4.01. The zero-order valence-corrected chi connectivity index (χ0v) is 11.7. The lowest BCUT2D eigenvalue weighted by Crippen LogP contribution is -2.16. The lowest BCUT2D eigenvalue weighted by Gasteiger charge is -2.03. The molecule has 1 aromatic heterocycles. The fraction of sp³-hybridized carbons (Fsp3) is 0.231. The van der Waals surface area contributed by atoms with Crippen molar-refractivity contribution in [3.05, 3.63) is 56.4 Å². The molecule has 2 rings (SSSR count). The van der Waals surface area contributed by atoms with Gasteiger partial charge in [0.15, 0.2) is 0 Å². The van der Waals surface area contributed by atoms with Gasteiger partial charge in [-0.2, -0.15) is 0 Å². The maximum absolute atomic E-state index is 12.7. The maximum atomic E-state index is 12.7. The number of hydrogen-bond donors (Lipinski definition) is 1. The van der Waals surface area contributed by atoms with Crippen molar-refractivity contribution in [1.29, 1.82) is 0 Å². The van der Waals surface area contributed by atoms with Gasteiger partial charge in [0.2, 0.25) is 0 Å². The fourth-order valence-corrected chi connectivity index (χ4v) is 2.76. The standard InChI is InChI=1S/C13H13BrFNS/c14-13-7-11(9-17-13)8-16-6-5-10-1-3-12(15)4-2-10/h1-4,7,9,16H,5-6,8H2. The van der Waals surface area contributed by atoms with Crippen molar-refractivity contribution in [3.63, 3.8) is 0 Å². The zero-order valence-electron chi connectivity index (χ0n) is 9.25. The molecule has 1 aromatic carbocycles. The highest BCUT2D eigenvalue weighted by atomic mass is 79.9. The molecule has 1 heterocycles. The Balaban J connectivity index is 1.71. The van der Waals surface area contributed by atoms with Crippen molar-refractivity contribution in [2.45, 2.75) is 13.0 Å². The summed E-state index contributed by atoms with van der Waals surface area (Å²) in [4.78, 5) is 0. The van der Waals surface area contributed by atoms with Crippen LogP contribution in [-0.2, 0) is 13.0 Å². The Hall–Kier alpha value is -0.710. The van der Waals surface area contributed by atoms with Crippen LogP contribution in [0.4, 0.5) is 4.39 Å². The molecule has 0 bridgehead atoms. The molecular formula is C13H13BrFNS. The maximum Gasteiger partial charge on any atom is 0.123 e. The van der Waals surface area contributed by atoms with Crippen LogP contribution in [0.2, 0.25) is 0 Å². The molecule has 0 spiro atoms. The quantitative estimate of drug-likeness (QED) is 0.823. The van der Waals surface area contributed by atoms with Gasteiger partial charge in [-0.05, 0) is 63.6 Å². The van der Waals surface area contributed by atoms with Gasteiger partial charge in [0, 0.05) is 6.54 Å². The molecular weight excluding hydrogens is 301 g/mol. The molecule has 0 amide bonds. The predicted molar refractivity (Wildman–Crippen MR) is 73.8 cm³/mol. The van der Waals surface area contributed by atoms with Gasteiger partial charge in [-0.3, -0.25) is 0 Å². The first-order valence-electron chi connectivity index (χ1n) is 5.42. The van der Waals surface area contributed by atoms with Crippen LogP contribution in [0.15, 0.2) is 39.5 Å². The Morgan fingerprint density at radius 2 is 1.94 bits per heavy atom. The van der Waals surface area contributed by atoms with Crippen LogP contribution >= 0.6 is 27.3 Å². The summed E-state index contributed by atoms with van der Waals surface area (Å²) in [6, 6.07) is 8.79. The molecule has 90 valence electrons. The number of halogens is 2. The average molecular weight is 314 g/mol. The van der Waals surface area contributed by atoms with Crippen LogP contribution in [0.25, 0.3) is 0 Å². The molecule has 1 nitrogen and oxygen atoms in total. The first-order chi connectivity index (χ1) is 8.24. The summed E-state index contributed by atoms with van der Waals surface area (Å²) in [5, 5.41) is 5.50. The van der Waals surface area contributed by atoms with Crippen molar-refractivity contribution in [2.24, 2.45) is 0 Å². The highest BCUT2D eigenvalue weighted by molar-refractivity contribution is 9.11. The molecule has 0 atom stereocenters. The third-order valence-electron chi connectivity index (χ3n) is 2.45. The van der Waals surface area contributed by atoms with E-state index >= 15 is 0 Å². The van der Waals surface area contributed by atoms with Gasteiger partial charge in [0.05, 0.1) is 3.79 Å². The molecule has 0 saturated carbocycles. The Bertz CT molecular complexity index is 467. The lowest BCUT2D eigenvalue weighted by atomic mass is 10.1. The molecule has 0 aliphatic heterocycles. The summed E-state index contributed by atoms with van der Waals surface area (Å²) < 4.78 is 13.8. The molecule has 0 aliphatic rings. The Morgan fingerprint density at radius 3 is 2.59 bits per heavy atom. The van der Waals surface area contributed by atoms with Crippen molar-refractivity contribution in [1.82, 2.24) is 5.32 Å². The topological polar surface area (TPSA) is 12.0 Å². The van der Waals surface area contributed by atoms with Crippen LogP contribution in [0.1, 0.15) is 11.1 Å². The van der Waals surface area contributed by atoms with Crippen LogP contribution < -0.4 is 5.32 Å². The van der Waals surface area contributed by atoms with Crippen LogP contribution in [-0.4, -0.2) is 6.54 Å². The average Bonchev–Trinajstić information content (AvgIpc) is 2.73. The van der Waals surface area contributed by atoms with Crippen LogP contribution in [0.5, 0.6) is 0 Å². The van der Waals surface area contributed by atoms with Crippen LogP contribution in [0.3, 0.4) is 0 Å². The second-order valence-corrected chi connectivity index (χ2v) is 6.10. The number of rotatable bonds is 5. The van der Waals surface area contributed by atoms with E-state index in [9.17, 15) is 4.39 Å². The minimum atomic E-state index is -0.176. The van der Waals surface area contributed by atoms with Gasteiger partial charge in [-0.25, -0.2) is 4.39 Å². The van der Waals surface area contributed by atoms with Crippen molar-refractivity contribution >= 4 is 27.3 Å². The first-order valence-corrected chi connectivity index (χ1v) is 7.09. The second kappa shape index (κ2) is 6.28. The second-order valence-electron chi connectivity index (χ2n) is 3.81. The summed E-state index contributed by atoms with van der Waals surface area (Å²) in [5.41, 5.74) is 2.45. The summed E-state index contributed by atoms with van der Waals surface area (Å²) in [6.07, 6.45) is 0.922. The highest BCUT2D eigenvalue weighted by Gasteiger charge is 1.97. The Labute approximate surface area is 113 Å². The van der Waals surface area contributed by atoms with Gasteiger partial charge in [0.25, 0.3) is 0 Å². The molecule has 0 saturated heterocycles. The normalized spacial score (nSPS) is 10.7. The number of nitrogens with one attached hydrogen (secondary N) is 1. The zero-order chi connectivity index (χ0) is 12.1. The number of hydrogen-bond acceptors (Lipinski definition) is 2. The van der Waals surface area contributed by atoms with E-state index in [0.29, 0.717) is 0 Å². The molecule has 17 heavy (non-hydrogen) atoms. The Morgan fingerprint density at radius 1 is 1.18 bits per heavy atom. The van der Waals surface area contributed by atoms with E-state index in [4.69, 9.17) is 0 Å². The van der Waals surface area contributed by atoms with E-state index in [1.165, 1.54) is 17.7 Å².